The molecule has 0 unspecified atom stereocenters. The van der Waals surface area contributed by atoms with Crippen LogP contribution in [0, 0.1) is 0 Å². The Balaban J connectivity index is 2.15. The fourth-order valence-corrected chi connectivity index (χ4v) is 4.36. The van der Waals surface area contributed by atoms with Crippen molar-refractivity contribution in [2.24, 2.45) is 0 Å². The molecule has 1 atom stereocenters. The Kier molecular flexibility index (Phi) is 7.57. The zero-order valence-electron chi connectivity index (χ0n) is 15.8. The molecule has 0 aliphatic heterocycles. The lowest BCUT2D eigenvalue weighted by Crippen LogP contribution is -2.47. The number of hydrogen-bond acceptors (Lipinski definition) is 4. The topological polar surface area (TPSA) is 75.7 Å². The van der Waals surface area contributed by atoms with Crippen LogP contribution in [0.3, 0.4) is 0 Å². The molecule has 0 fully saturated rings. The lowest BCUT2D eigenvalue weighted by atomic mass is 10.2. The molecule has 28 heavy (non-hydrogen) atoms. The molecule has 0 saturated carbocycles. The van der Waals surface area contributed by atoms with Crippen LogP contribution in [0.25, 0.3) is 0 Å². The number of carbonyl (C=O) groups is 1. The van der Waals surface area contributed by atoms with E-state index in [4.69, 9.17) is 27.9 Å². The summed E-state index contributed by atoms with van der Waals surface area (Å²) in [4.78, 5) is 12.6. The zero-order valence-corrected chi connectivity index (χ0v) is 18.1. The van der Waals surface area contributed by atoms with E-state index < -0.39 is 22.0 Å². The Labute approximate surface area is 175 Å². The molecule has 0 heterocycles. The van der Waals surface area contributed by atoms with Crippen LogP contribution in [0.1, 0.15) is 19.4 Å². The van der Waals surface area contributed by atoms with Gasteiger partial charge in [-0.1, -0.05) is 35.3 Å². The van der Waals surface area contributed by atoms with Crippen molar-refractivity contribution in [3.8, 4) is 5.75 Å². The lowest BCUT2D eigenvalue weighted by Gasteiger charge is -2.28. The number of amides is 1. The largest absolute Gasteiger partial charge is 0.494 e. The number of hydrogen-bond donors (Lipinski definition) is 1. The third kappa shape index (κ3) is 6.02. The second-order valence-electron chi connectivity index (χ2n) is 6.16. The van der Waals surface area contributed by atoms with E-state index in [1.165, 1.54) is 25.1 Å². The summed E-state index contributed by atoms with van der Waals surface area (Å²) in [7, 11) is -3.75. The highest BCUT2D eigenvalue weighted by molar-refractivity contribution is 7.92. The highest BCUT2D eigenvalue weighted by Gasteiger charge is 2.29. The molecule has 9 heteroatoms. The van der Waals surface area contributed by atoms with E-state index >= 15 is 0 Å². The van der Waals surface area contributed by atoms with E-state index in [9.17, 15) is 13.2 Å². The van der Waals surface area contributed by atoms with Gasteiger partial charge in [-0.25, -0.2) is 8.42 Å². The van der Waals surface area contributed by atoms with Gasteiger partial charge in [0.2, 0.25) is 15.9 Å². The van der Waals surface area contributed by atoms with Crippen LogP contribution in [0.4, 0.5) is 5.69 Å². The maximum Gasteiger partial charge on any atom is 0.243 e. The van der Waals surface area contributed by atoms with Crippen molar-refractivity contribution in [2.75, 3.05) is 17.2 Å². The zero-order chi connectivity index (χ0) is 20.9. The highest BCUT2D eigenvalue weighted by atomic mass is 35.5. The van der Waals surface area contributed by atoms with Gasteiger partial charge < -0.3 is 10.1 Å². The van der Waals surface area contributed by atoms with Gasteiger partial charge in [-0.05, 0) is 49.7 Å². The number of rotatable bonds is 8. The third-order valence-corrected chi connectivity index (χ3v) is 5.57. The maximum absolute atomic E-state index is 12.6. The van der Waals surface area contributed by atoms with Crippen LogP contribution < -0.4 is 14.4 Å². The molecular weight excluding hydrogens is 423 g/mol. The number of nitrogens with zero attached hydrogens (tertiary/aromatic N) is 1. The number of carbonyl (C=O) groups excluding carboxylic acids is 1. The van der Waals surface area contributed by atoms with Gasteiger partial charge in [-0.15, -0.1) is 0 Å². The standard InChI is InChI=1S/C19H22Cl2N2O4S/c1-4-27-18-7-5-14(6-8-18)12-22-19(24)13(2)23(28(3,25)26)17-10-15(20)9-16(21)11-17/h5-11,13H,4,12H2,1-3H3,(H,22,24)/t13-/m1/s1. The van der Waals surface area contributed by atoms with Gasteiger partial charge in [0.05, 0.1) is 18.6 Å². The third-order valence-electron chi connectivity index (χ3n) is 3.89. The smallest absolute Gasteiger partial charge is 0.243 e. The molecule has 2 aromatic rings. The predicted molar refractivity (Wildman–Crippen MR) is 113 cm³/mol. The molecule has 0 aliphatic rings. The minimum Gasteiger partial charge on any atom is -0.494 e. The fourth-order valence-electron chi connectivity index (χ4n) is 2.68. The first-order valence-electron chi connectivity index (χ1n) is 8.56. The summed E-state index contributed by atoms with van der Waals surface area (Å²) in [5.41, 5.74) is 1.09. The Morgan fingerprint density at radius 3 is 2.21 bits per heavy atom. The first-order valence-corrected chi connectivity index (χ1v) is 11.2. The average Bonchev–Trinajstić information content (AvgIpc) is 2.59. The van der Waals surface area contributed by atoms with Gasteiger partial charge in [0.25, 0.3) is 0 Å². The van der Waals surface area contributed by atoms with Gasteiger partial charge in [0.1, 0.15) is 11.8 Å². The summed E-state index contributed by atoms with van der Waals surface area (Å²) in [6, 6.07) is 10.7. The van der Waals surface area contributed by atoms with Crippen LogP contribution in [-0.4, -0.2) is 33.2 Å². The molecule has 0 radical (unpaired) electrons. The summed E-state index contributed by atoms with van der Waals surface area (Å²) in [6.07, 6.45) is 1.03. The van der Waals surface area contributed by atoms with Crippen LogP contribution in [-0.2, 0) is 21.4 Å². The van der Waals surface area contributed by atoms with Crippen molar-refractivity contribution >= 4 is 44.8 Å². The van der Waals surface area contributed by atoms with Crippen LogP contribution in [0.5, 0.6) is 5.75 Å². The molecule has 1 N–H and O–H groups in total. The summed E-state index contributed by atoms with van der Waals surface area (Å²) < 4.78 is 31.0. The van der Waals surface area contributed by atoms with Gasteiger partial charge in [-0.2, -0.15) is 0 Å². The summed E-state index contributed by atoms with van der Waals surface area (Å²) in [5, 5.41) is 3.30. The van der Waals surface area contributed by atoms with E-state index in [0.29, 0.717) is 6.61 Å². The SMILES string of the molecule is CCOc1ccc(CNC(=O)[C@@H](C)N(c2cc(Cl)cc(Cl)c2)S(C)(=O)=O)cc1. The van der Waals surface area contributed by atoms with Gasteiger partial charge in [-0.3, -0.25) is 9.10 Å². The van der Waals surface area contributed by atoms with E-state index in [1.54, 1.807) is 0 Å². The van der Waals surface area contributed by atoms with E-state index in [0.717, 1.165) is 21.9 Å². The summed E-state index contributed by atoms with van der Waals surface area (Å²) in [5.74, 6) is 0.294. The monoisotopic (exact) mass is 444 g/mol. The number of nitrogens with one attached hydrogen (secondary N) is 1. The van der Waals surface area contributed by atoms with Gasteiger partial charge in [0, 0.05) is 16.6 Å². The molecule has 6 nitrogen and oxygen atoms in total. The highest BCUT2D eigenvalue weighted by Crippen LogP contribution is 2.28. The predicted octanol–water partition coefficient (Wildman–Crippen LogP) is 3.86. The first-order chi connectivity index (χ1) is 13.1. The van der Waals surface area contributed by atoms with Gasteiger partial charge in [0.15, 0.2) is 0 Å². The molecular formula is C19H22Cl2N2O4S. The van der Waals surface area contributed by atoms with Crippen molar-refractivity contribution in [3.63, 3.8) is 0 Å². The molecule has 0 bridgehead atoms. The molecule has 1 amide bonds. The average molecular weight is 445 g/mol. The van der Waals surface area contributed by atoms with Crippen LogP contribution >= 0.6 is 23.2 Å². The number of halogens is 2. The quantitative estimate of drug-likeness (QED) is 0.670. The molecule has 152 valence electrons. The molecule has 2 aromatic carbocycles. The minimum atomic E-state index is -3.75. The normalized spacial score (nSPS) is 12.3. The Morgan fingerprint density at radius 1 is 1.14 bits per heavy atom. The van der Waals surface area contributed by atoms with Crippen molar-refractivity contribution < 1.29 is 17.9 Å². The number of sulfonamides is 1. The van der Waals surface area contributed by atoms with Gasteiger partial charge >= 0.3 is 0 Å². The number of anilines is 1. The second kappa shape index (κ2) is 9.49. The molecule has 0 aromatic heterocycles. The summed E-state index contributed by atoms with van der Waals surface area (Å²) in [6.45, 7) is 4.23. The maximum atomic E-state index is 12.6. The number of ether oxygens (including phenoxy) is 1. The molecule has 0 saturated heterocycles. The minimum absolute atomic E-state index is 0.226. The number of benzene rings is 2. The molecule has 2 rings (SSSR count). The van der Waals surface area contributed by atoms with E-state index in [2.05, 4.69) is 5.32 Å². The van der Waals surface area contributed by atoms with Crippen molar-refractivity contribution in [2.45, 2.75) is 26.4 Å². The van der Waals surface area contributed by atoms with Crippen LogP contribution in [0.15, 0.2) is 42.5 Å². The van der Waals surface area contributed by atoms with Crippen LogP contribution in [0.2, 0.25) is 10.0 Å². The Bertz CT molecular complexity index is 913. The fraction of sp³-hybridized carbons (Fsp3) is 0.316. The lowest BCUT2D eigenvalue weighted by molar-refractivity contribution is -0.122. The van der Waals surface area contributed by atoms with Crippen molar-refractivity contribution in [3.05, 3.63) is 58.1 Å². The molecule has 0 spiro atoms. The Hall–Kier alpha value is -1.96. The molecule has 0 aliphatic carbocycles. The van der Waals surface area contributed by atoms with E-state index in [-0.39, 0.29) is 22.3 Å². The summed E-state index contributed by atoms with van der Waals surface area (Å²) >= 11 is 12.0. The van der Waals surface area contributed by atoms with E-state index in [1.807, 2.05) is 31.2 Å². The van der Waals surface area contributed by atoms with Crippen molar-refractivity contribution in [1.82, 2.24) is 5.32 Å². The van der Waals surface area contributed by atoms with Crippen molar-refractivity contribution in [1.29, 1.82) is 0 Å². The Morgan fingerprint density at radius 2 is 1.71 bits per heavy atom. The second-order valence-corrected chi connectivity index (χ2v) is 8.89. The first kappa shape index (κ1) is 22.3.